The Balaban J connectivity index is 1.28. The van der Waals surface area contributed by atoms with Gasteiger partial charge < -0.3 is 19.1 Å². The molecule has 2 aliphatic rings. The molecule has 1 amide bonds. The normalized spacial score (nSPS) is 22.2. The highest BCUT2D eigenvalue weighted by Gasteiger charge is 2.43. The zero-order chi connectivity index (χ0) is 22.3. The van der Waals surface area contributed by atoms with Crippen molar-refractivity contribution in [3.63, 3.8) is 0 Å². The van der Waals surface area contributed by atoms with Gasteiger partial charge in [0.25, 0.3) is 0 Å². The fourth-order valence-electron chi connectivity index (χ4n) is 4.90. The first kappa shape index (κ1) is 22.2. The molecular formula is C26H31NO5. The summed E-state index contributed by atoms with van der Waals surface area (Å²) in [5.41, 5.74) is 0.979. The molecule has 4 rings (SSSR count). The summed E-state index contributed by atoms with van der Waals surface area (Å²) in [6.07, 6.45) is 4.51. The van der Waals surface area contributed by atoms with Gasteiger partial charge in [-0.3, -0.25) is 4.79 Å². The number of fused-ring (bicyclic) bond motifs is 2. The number of hydrogen-bond acceptors (Lipinski definition) is 5. The van der Waals surface area contributed by atoms with Crippen LogP contribution >= 0.6 is 0 Å². The molecule has 0 radical (unpaired) electrons. The second-order valence-electron chi connectivity index (χ2n) is 8.60. The van der Waals surface area contributed by atoms with E-state index in [1.165, 1.54) is 0 Å². The predicted octanol–water partition coefficient (Wildman–Crippen LogP) is 5.00. The van der Waals surface area contributed by atoms with Crippen LogP contribution in [-0.2, 0) is 16.1 Å². The minimum Gasteiger partial charge on any atom is -0.497 e. The van der Waals surface area contributed by atoms with Crippen LogP contribution in [0, 0.1) is 5.92 Å². The summed E-state index contributed by atoms with van der Waals surface area (Å²) in [4.78, 5) is 27.6. The quantitative estimate of drug-likeness (QED) is 0.581. The molecule has 32 heavy (non-hydrogen) atoms. The molecule has 2 aliphatic heterocycles. The maximum atomic E-state index is 12.9. The van der Waals surface area contributed by atoms with Crippen LogP contribution in [0.15, 0.2) is 54.6 Å². The Morgan fingerprint density at radius 1 is 0.969 bits per heavy atom. The lowest BCUT2D eigenvalue weighted by Gasteiger charge is -2.47. The zero-order valence-corrected chi connectivity index (χ0v) is 18.6. The average Bonchev–Trinajstić information content (AvgIpc) is 2.82. The van der Waals surface area contributed by atoms with E-state index in [9.17, 15) is 9.59 Å². The van der Waals surface area contributed by atoms with Gasteiger partial charge in [0.2, 0.25) is 0 Å². The van der Waals surface area contributed by atoms with Crippen LogP contribution in [0.2, 0.25) is 0 Å². The van der Waals surface area contributed by atoms with Crippen LogP contribution in [-0.4, -0.2) is 42.6 Å². The van der Waals surface area contributed by atoms with E-state index in [0.29, 0.717) is 18.8 Å². The third kappa shape index (κ3) is 5.42. The van der Waals surface area contributed by atoms with Crippen LogP contribution in [0.3, 0.4) is 0 Å². The van der Waals surface area contributed by atoms with E-state index < -0.39 is 0 Å². The summed E-state index contributed by atoms with van der Waals surface area (Å²) < 4.78 is 16.6. The van der Waals surface area contributed by atoms with E-state index in [0.717, 1.165) is 43.4 Å². The van der Waals surface area contributed by atoms with Gasteiger partial charge in [0.05, 0.1) is 13.7 Å². The molecule has 170 valence electrons. The summed E-state index contributed by atoms with van der Waals surface area (Å²) in [5.74, 6) is 1.64. The Bertz CT molecular complexity index is 901. The fourth-order valence-corrected chi connectivity index (χ4v) is 4.90. The number of nitrogens with zero attached hydrogens (tertiary/aromatic N) is 1. The first-order valence-electron chi connectivity index (χ1n) is 11.4. The highest BCUT2D eigenvalue weighted by Crippen LogP contribution is 2.38. The standard InChI is InChI=1S/C26H31NO5/c1-30-23-11-6-12-24(17-23)31-14-13-25(28)20-15-21-9-5-10-22(16-20)27(21)26(29)32-18-19-7-3-2-4-8-19/h2-4,6-8,11-12,17,20-22H,5,9-10,13-16,18H2,1H3. The van der Waals surface area contributed by atoms with Gasteiger partial charge in [-0.1, -0.05) is 36.4 Å². The van der Waals surface area contributed by atoms with E-state index in [-0.39, 0.29) is 36.5 Å². The lowest BCUT2D eigenvalue weighted by atomic mass is 9.76. The van der Waals surface area contributed by atoms with Gasteiger partial charge in [-0.15, -0.1) is 0 Å². The van der Waals surface area contributed by atoms with Gasteiger partial charge in [0, 0.05) is 30.5 Å². The molecule has 2 bridgehead atoms. The van der Waals surface area contributed by atoms with Crippen molar-refractivity contribution < 1.29 is 23.8 Å². The third-order valence-corrected chi connectivity index (χ3v) is 6.50. The molecule has 2 saturated heterocycles. The summed E-state index contributed by atoms with van der Waals surface area (Å²) in [7, 11) is 1.61. The van der Waals surface area contributed by atoms with Gasteiger partial charge in [0.1, 0.15) is 23.9 Å². The maximum absolute atomic E-state index is 12.9. The molecule has 0 N–H and O–H groups in total. The molecular weight excluding hydrogens is 406 g/mol. The van der Waals surface area contributed by atoms with Crippen LogP contribution in [0.5, 0.6) is 11.5 Å². The van der Waals surface area contributed by atoms with Crippen molar-refractivity contribution >= 4 is 11.9 Å². The van der Waals surface area contributed by atoms with Gasteiger partial charge in [-0.25, -0.2) is 4.79 Å². The number of benzene rings is 2. The smallest absolute Gasteiger partial charge is 0.410 e. The first-order chi connectivity index (χ1) is 15.6. The molecule has 2 aromatic carbocycles. The Hall–Kier alpha value is -3.02. The van der Waals surface area contributed by atoms with E-state index in [2.05, 4.69) is 0 Å². The van der Waals surface area contributed by atoms with Crippen molar-refractivity contribution in [2.45, 2.75) is 57.2 Å². The Morgan fingerprint density at radius 3 is 2.41 bits per heavy atom. The molecule has 2 heterocycles. The van der Waals surface area contributed by atoms with Gasteiger partial charge in [0.15, 0.2) is 0 Å². The fraction of sp³-hybridized carbons (Fsp3) is 0.462. The second kappa shape index (κ2) is 10.5. The Kier molecular flexibility index (Phi) is 7.30. The van der Waals surface area contributed by atoms with Crippen molar-refractivity contribution in [3.8, 4) is 11.5 Å². The Labute approximate surface area is 189 Å². The minimum atomic E-state index is -0.254. The van der Waals surface area contributed by atoms with Crippen molar-refractivity contribution in [2.75, 3.05) is 13.7 Å². The molecule has 2 fully saturated rings. The first-order valence-corrected chi connectivity index (χ1v) is 11.4. The molecule has 6 heteroatoms. The largest absolute Gasteiger partial charge is 0.497 e. The number of ketones is 1. The van der Waals surface area contributed by atoms with E-state index in [4.69, 9.17) is 14.2 Å². The number of ether oxygens (including phenoxy) is 3. The molecule has 0 aromatic heterocycles. The molecule has 0 saturated carbocycles. The number of methoxy groups -OCH3 is 1. The van der Waals surface area contributed by atoms with Crippen LogP contribution in [0.1, 0.15) is 44.1 Å². The van der Waals surface area contributed by atoms with Crippen molar-refractivity contribution in [1.82, 2.24) is 4.90 Å². The van der Waals surface area contributed by atoms with Gasteiger partial charge in [-0.2, -0.15) is 0 Å². The predicted molar refractivity (Wildman–Crippen MR) is 121 cm³/mol. The topological polar surface area (TPSA) is 65.1 Å². The molecule has 2 atom stereocenters. The second-order valence-corrected chi connectivity index (χ2v) is 8.60. The number of rotatable bonds is 8. The molecule has 2 aromatic rings. The highest BCUT2D eigenvalue weighted by molar-refractivity contribution is 5.82. The van der Waals surface area contributed by atoms with Crippen LogP contribution in [0.25, 0.3) is 0 Å². The summed E-state index contributed by atoms with van der Waals surface area (Å²) in [6, 6.07) is 17.3. The zero-order valence-electron chi connectivity index (χ0n) is 18.6. The Morgan fingerprint density at radius 2 is 1.69 bits per heavy atom. The number of hydrogen-bond donors (Lipinski definition) is 0. The lowest BCUT2D eigenvalue weighted by molar-refractivity contribution is -0.127. The van der Waals surface area contributed by atoms with E-state index >= 15 is 0 Å². The minimum absolute atomic E-state index is 0.0163. The van der Waals surface area contributed by atoms with Gasteiger partial charge >= 0.3 is 6.09 Å². The molecule has 0 aliphatic carbocycles. The van der Waals surface area contributed by atoms with E-state index in [1.54, 1.807) is 7.11 Å². The van der Waals surface area contributed by atoms with Crippen molar-refractivity contribution in [3.05, 3.63) is 60.2 Å². The number of carbonyl (C=O) groups excluding carboxylic acids is 2. The van der Waals surface area contributed by atoms with Crippen LogP contribution < -0.4 is 9.47 Å². The molecule has 2 unspecified atom stereocenters. The number of carbonyl (C=O) groups is 2. The van der Waals surface area contributed by atoms with Gasteiger partial charge in [-0.05, 0) is 49.8 Å². The molecule has 0 spiro atoms. The summed E-state index contributed by atoms with van der Waals surface area (Å²) in [5, 5.41) is 0. The number of amides is 1. The molecule has 6 nitrogen and oxygen atoms in total. The SMILES string of the molecule is COc1cccc(OCCC(=O)C2CC3CCCC(C2)N3C(=O)OCc2ccccc2)c1. The monoisotopic (exact) mass is 437 g/mol. The lowest BCUT2D eigenvalue weighted by Crippen LogP contribution is -2.55. The average molecular weight is 438 g/mol. The maximum Gasteiger partial charge on any atom is 0.410 e. The number of Topliss-reactive ketones (excluding diaryl/α,β-unsaturated/α-hetero) is 1. The third-order valence-electron chi connectivity index (χ3n) is 6.50. The van der Waals surface area contributed by atoms with Crippen LogP contribution in [0.4, 0.5) is 4.79 Å². The summed E-state index contributed by atoms with van der Waals surface area (Å²) >= 11 is 0. The van der Waals surface area contributed by atoms with Crippen molar-refractivity contribution in [1.29, 1.82) is 0 Å². The summed E-state index contributed by atoms with van der Waals surface area (Å²) in [6.45, 7) is 0.625. The highest BCUT2D eigenvalue weighted by atomic mass is 16.6. The van der Waals surface area contributed by atoms with E-state index in [1.807, 2.05) is 59.5 Å². The van der Waals surface area contributed by atoms with Crippen molar-refractivity contribution in [2.24, 2.45) is 5.92 Å². The number of piperidine rings is 2.